The van der Waals surface area contributed by atoms with Crippen molar-refractivity contribution in [3.05, 3.63) is 81.9 Å². The van der Waals surface area contributed by atoms with Crippen LogP contribution in [0.4, 0.5) is 4.79 Å². The fourth-order valence-corrected chi connectivity index (χ4v) is 15.8. The normalized spacial score (nSPS) is 37.6. The highest BCUT2D eigenvalue weighted by Crippen LogP contribution is 2.76. The van der Waals surface area contributed by atoms with Gasteiger partial charge in [-0.1, -0.05) is 116 Å². The maximum Gasteiger partial charge on any atom is 0.373 e. The molecule has 0 aliphatic heterocycles. The fraction of sp³-hybridized carbons (Fsp3) is 0.667. The molecule has 2 amide bonds. The lowest BCUT2D eigenvalue weighted by Gasteiger charge is -2.72. The molecule has 10 atom stereocenters. The molecule has 2 aromatic rings. The number of ether oxygens (including phenoxy) is 1. The number of halogens is 1. The van der Waals surface area contributed by atoms with Crippen molar-refractivity contribution in [1.82, 2.24) is 10.6 Å². The van der Waals surface area contributed by atoms with Gasteiger partial charge in [-0.15, -0.1) is 0 Å². The molecule has 9 heteroatoms. The highest BCUT2D eigenvalue weighted by atomic mass is 35.5. The zero-order valence-electron chi connectivity index (χ0n) is 39.3. The number of benzene rings is 2. The smallest absolute Gasteiger partial charge is 0.373 e. The Hall–Kier alpha value is -3.74. The number of urea groups is 1. The van der Waals surface area contributed by atoms with Crippen LogP contribution in [0.3, 0.4) is 0 Å². The number of carbonyl (C=O) groups is 3. The Balaban J connectivity index is 0.00000177. The number of hydrogen-bond donors (Lipinski definition) is 2. The molecule has 0 bridgehead atoms. The van der Waals surface area contributed by atoms with Gasteiger partial charge >= 0.3 is 18.2 Å². The third kappa shape index (κ3) is 7.27. The fourth-order valence-electron chi connectivity index (χ4n) is 15.7. The Morgan fingerprint density at radius 1 is 0.762 bits per heavy atom. The first-order chi connectivity index (χ1) is 29.6. The predicted octanol–water partition coefficient (Wildman–Crippen LogP) is 11.6. The van der Waals surface area contributed by atoms with Gasteiger partial charge in [0.2, 0.25) is 0 Å². The number of rotatable bonds is 8. The molecule has 8 nitrogen and oxygen atoms in total. The molecule has 0 aromatic heterocycles. The molecule has 7 aliphatic rings. The topological polar surface area (TPSA) is 119 Å². The minimum atomic E-state index is -0.647. The first-order valence-corrected chi connectivity index (χ1v) is 24.4. The van der Waals surface area contributed by atoms with E-state index in [0.29, 0.717) is 29.2 Å². The first-order valence-electron chi connectivity index (χ1n) is 24.0. The van der Waals surface area contributed by atoms with Gasteiger partial charge in [0.25, 0.3) is 0 Å². The number of ketones is 1. The number of carbonyl (C=O) groups excluding carboxylic acids is 5. The van der Waals surface area contributed by atoms with Gasteiger partial charge in [-0.2, -0.15) is 9.59 Å². The number of esters is 1. The van der Waals surface area contributed by atoms with Crippen LogP contribution in [-0.2, 0) is 35.9 Å². The van der Waals surface area contributed by atoms with Gasteiger partial charge in [0.15, 0.2) is 5.78 Å². The van der Waals surface area contributed by atoms with E-state index in [1.54, 1.807) is 0 Å². The monoisotopic (exact) mass is 879 g/mol. The second-order valence-corrected chi connectivity index (χ2v) is 23.7. The molecule has 63 heavy (non-hydrogen) atoms. The standard InChI is InChI=1S/C53H71ClN2O4.CO2/c1-32(2)43-39(57)31-53(56-46(59)55-52(27-28-52)34-15-17-36(54)18-16-34)26-25-50(8)37(44(43)53)19-20-41-49(7)23-22-42(48(5,6)40(49)21-24-51(41,50)9)60-45(58)38-30-35(47(38,3)4)29-33-13-11-10-12-14-33;2-1-3/h10-18,32,35,37-38,40-42H,19-31H2,1-9H3,(H2,55,56,59);/t35-,37-,38-,40+,41-,42+,49+,50-,51-,53-;/m1./s1. The van der Waals surface area contributed by atoms with E-state index in [-0.39, 0.29) is 80.4 Å². The van der Waals surface area contributed by atoms with E-state index >= 15 is 0 Å². The minimum Gasteiger partial charge on any atom is -0.462 e. The number of amides is 2. The Morgan fingerprint density at radius 2 is 1.40 bits per heavy atom. The van der Waals surface area contributed by atoms with E-state index in [9.17, 15) is 14.4 Å². The van der Waals surface area contributed by atoms with Gasteiger partial charge < -0.3 is 15.4 Å². The van der Waals surface area contributed by atoms with Gasteiger partial charge in [-0.25, -0.2) is 4.79 Å². The summed E-state index contributed by atoms with van der Waals surface area (Å²) < 4.78 is 6.68. The van der Waals surface area contributed by atoms with E-state index in [4.69, 9.17) is 25.9 Å². The average Bonchev–Trinajstić information content (AvgIpc) is 3.93. The number of hydrogen-bond acceptors (Lipinski definition) is 6. The first kappa shape index (κ1) is 45.8. The van der Waals surface area contributed by atoms with Crippen molar-refractivity contribution < 1.29 is 28.7 Å². The zero-order chi connectivity index (χ0) is 45.5. The van der Waals surface area contributed by atoms with E-state index in [0.717, 1.165) is 88.2 Å². The largest absolute Gasteiger partial charge is 0.462 e. The van der Waals surface area contributed by atoms with E-state index in [1.165, 1.54) is 11.1 Å². The summed E-state index contributed by atoms with van der Waals surface area (Å²) in [6, 6.07) is 18.4. The lowest BCUT2D eigenvalue weighted by Crippen LogP contribution is -2.67. The molecule has 340 valence electrons. The van der Waals surface area contributed by atoms with E-state index in [1.807, 2.05) is 24.3 Å². The van der Waals surface area contributed by atoms with Crippen molar-refractivity contribution in [3.63, 3.8) is 0 Å². The third-order valence-electron chi connectivity index (χ3n) is 19.6. The van der Waals surface area contributed by atoms with Crippen molar-refractivity contribution in [3.8, 4) is 0 Å². The molecule has 2 aromatic carbocycles. The van der Waals surface area contributed by atoms with Crippen LogP contribution in [-0.4, -0.2) is 35.6 Å². The molecule has 0 unspecified atom stereocenters. The van der Waals surface area contributed by atoms with Gasteiger partial charge in [0.1, 0.15) is 6.10 Å². The van der Waals surface area contributed by atoms with Crippen LogP contribution in [0.1, 0.15) is 150 Å². The van der Waals surface area contributed by atoms with Crippen LogP contribution in [0.2, 0.25) is 5.02 Å². The van der Waals surface area contributed by atoms with Crippen LogP contribution in [0.25, 0.3) is 0 Å². The van der Waals surface area contributed by atoms with Gasteiger partial charge in [-0.3, -0.25) is 9.59 Å². The molecule has 0 saturated heterocycles. The lowest BCUT2D eigenvalue weighted by atomic mass is 9.33. The number of fused-ring (bicyclic) bond motifs is 7. The van der Waals surface area contributed by atoms with Crippen LogP contribution in [0, 0.1) is 62.6 Å². The van der Waals surface area contributed by atoms with Crippen LogP contribution in [0.5, 0.6) is 0 Å². The highest BCUT2D eigenvalue weighted by molar-refractivity contribution is 6.30. The van der Waals surface area contributed by atoms with E-state index < -0.39 is 5.54 Å². The molecule has 0 radical (unpaired) electrons. The summed E-state index contributed by atoms with van der Waals surface area (Å²) in [7, 11) is 0. The number of nitrogens with one attached hydrogen (secondary N) is 2. The molecule has 6 fully saturated rings. The van der Waals surface area contributed by atoms with E-state index in [2.05, 4.69) is 103 Å². The Kier molecular flexibility index (Phi) is 11.6. The molecule has 0 heterocycles. The summed E-state index contributed by atoms with van der Waals surface area (Å²) in [4.78, 5) is 58.7. The molecule has 0 spiro atoms. The van der Waals surface area contributed by atoms with Crippen molar-refractivity contribution in [2.24, 2.45) is 62.6 Å². The summed E-state index contributed by atoms with van der Waals surface area (Å²) in [5.74, 6) is 2.00. The summed E-state index contributed by atoms with van der Waals surface area (Å²) in [6.45, 7) is 21.5. The third-order valence-corrected chi connectivity index (χ3v) is 19.8. The second kappa shape index (κ2) is 16.0. The van der Waals surface area contributed by atoms with Crippen molar-refractivity contribution >= 4 is 35.5 Å². The summed E-state index contributed by atoms with van der Waals surface area (Å²) >= 11 is 6.22. The van der Waals surface area contributed by atoms with Crippen LogP contribution < -0.4 is 10.6 Å². The summed E-state index contributed by atoms with van der Waals surface area (Å²) in [5, 5.41) is 7.61. The average molecular weight is 880 g/mol. The predicted molar refractivity (Wildman–Crippen MR) is 244 cm³/mol. The van der Waals surface area contributed by atoms with Gasteiger partial charge in [0.05, 0.1) is 17.0 Å². The van der Waals surface area contributed by atoms with Crippen LogP contribution in [0.15, 0.2) is 65.7 Å². The molecular weight excluding hydrogens is 808 g/mol. The highest BCUT2D eigenvalue weighted by Gasteiger charge is 2.70. The zero-order valence-corrected chi connectivity index (χ0v) is 40.0. The second-order valence-electron chi connectivity index (χ2n) is 23.3. The quantitative estimate of drug-likeness (QED) is 0.255. The van der Waals surface area contributed by atoms with Gasteiger partial charge in [0, 0.05) is 16.9 Å². The Bertz CT molecular complexity index is 2190. The van der Waals surface area contributed by atoms with Crippen molar-refractivity contribution in [2.75, 3.05) is 0 Å². The molecular formula is C54H71ClN2O6. The van der Waals surface area contributed by atoms with Gasteiger partial charge in [-0.05, 0) is 163 Å². The maximum atomic E-state index is 14.2. The molecule has 7 aliphatic carbocycles. The SMILES string of the molecule is CC(C)C1=C2[C@H]3CC[C@@H]4[C@@]5(C)CC[C@H](OC(=O)[C@H]6C[C@@H](Cc7ccccc7)C6(C)C)C(C)(C)[C@@H]5CC[C@@]4(C)[C@]3(C)CC[C@@]2(NC(=O)NC2(c3ccc(Cl)cc3)CC2)CC1=O.O=C=O. The van der Waals surface area contributed by atoms with Crippen LogP contribution >= 0.6 is 11.6 Å². The number of Topliss-reactive ketones (excluding diaryl/α,β-unsaturated/α-hetero) is 1. The Labute approximate surface area is 380 Å². The van der Waals surface area contributed by atoms with Crippen molar-refractivity contribution in [2.45, 2.75) is 163 Å². The summed E-state index contributed by atoms with van der Waals surface area (Å²) in [6.07, 6.45) is 12.4. The maximum absolute atomic E-state index is 14.2. The molecule has 6 saturated carbocycles. The Morgan fingerprint density at radius 3 is 2.02 bits per heavy atom. The number of allylic oxidation sites excluding steroid dienone is 1. The molecule has 9 rings (SSSR count). The summed E-state index contributed by atoms with van der Waals surface area (Å²) in [5.41, 5.74) is 3.62. The lowest BCUT2D eigenvalue weighted by molar-refractivity contribution is -0.235. The van der Waals surface area contributed by atoms with Crippen molar-refractivity contribution in [1.29, 1.82) is 0 Å². The minimum absolute atomic E-state index is 0.00772. The molecule has 2 N–H and O–H groups in total.